The molecule has 2 atom stereocenters. The van der Waals surface area contributed by atoms with E-state index in [-0.39, 0.29) is 5.56 Å². The zero-order chi connectivity index (χ0) is 11.6. The van der Waals surface area contributed by atoms with Crippen LogP contribution >= 0.6 is 15.9 Å². The third-order valence-corrected chi connectivity index (χ3v) is 3.05. The van der Waals surface area contributed by atoms with Gasteiger partial charge in [0, 0.05) is 10.0 Å². The van der Waals surface area contributed by atoms with E-state index in [1.54, 1.807) is 13.0 Å². The fourth-order valence-electron chi connectivity index (χ4n) is 1.25. The van der Waals surface area contributed by atoms with E-state index in [1.807, 2.05) is 0 Å². The van der Waals surface area contributed by atoms with Gasteiger partial charge in [-0.05, 0) is 31.5 Å². The Hall–Kier alpha value is -0.450. The fourth-order valence-corrected chi connectivity index (χ4v) is 1.63. The molecule has 0 aromatic heterocycles. The molecule has 0 aliphatic heterocycles. The van der Waals surface area contributed by atoms with Gasteiger partial charge in [0.2, 0.25) is 0 Å². The maximum atomic E-state index is 13.4. The molecular formula is C11H14BrFO2. The molecule has 2 nitrogen and oxygen atoms in total. The standard InChI is InChI=1S/C11H14BrFO2/c1-3-11(2,15)10(14)8-6-7(12)4-5-9(8)13/h4-6,10,14-15H,3H2,1-2H3. The number of aliphatic hydroxyl groups is 2. The molecule has 0 radical (unpaired) electrons. The van der Waals surface area contributed by atoms with Crippen molar-refractivity contribution in [3.8, 4) is 0 Å². The lowest BCUT2D eigenvalue weighted by atomic mass is 9.90. The van der Waals surface area contributed by atoms with Crippen LogP contribution in [0.15, 0.2) is 22.7 Å². The fraction of sp³-hybridized carbons (Fsp3) is 0.455. The SMILES string of the molecule is CCC(C)(O)C(O)c1cc(Br)ccc1F. The Bertz CT molecular complexity index is 352. The smallest absolute Gasteiger partial charge is 0.129 e. The molecule has 0 saturated carbocycles. The van der Waals surface area contributed by atoms with E-state index in [0.717, 1.165) is 0 Å². The monoisotopic (exact) mass is 276 g/mol. The van der Waals surface area contributed by atoms with Crippen molar-refractivity contribution in [2.45, 2.75) is 32.0 Å². The van der Waals surface area contributed by atoms with Crippen LogP contribution in [0.3, 0.4) is 0 Å². The lowest BCUT2D eigenvalue weighted by Crippen LogP contribution is -2.32. The molecule has 0 spiro atoms. The number of hydrogen-bond acceptors (Lipinski definition) is 2. The van der Waals surface area contributed by atoms with Gasteiger partial charge in [-0.3, -0.25) is 0 Å². The molecule has 1 rings (SSSR count). The second kappa shape index (κ2) is 4.60. The molecule has 4 heteroatoms. The molecule has 1 aromatic rings. The summed E-state index contributed by atoms with van der Waals surface area (Å²) >= 11 is 3.19. The topological polar surface area (TPSA) is 40.5 Å². The van der Waals surface area contributed by atoms with Crippen LogP contribution in [-0.2, 0) is 0 Å². The lowest BCUT2D eigenvalue weighted by Gasteiger charge is -2.28. The van der Waals surface area contributed by atoms with Gasteiger partial charge in [0.15, 0.2) is 0 Å². The third-order valence-electron chi connectivity index (χ3n) is 2.56. The van der Waals surface area contributed by atoms with Gasteiger partial charge in [0.25, 0.3) is 0 Å². The highest BCUT2D eigenvalue weighted by molar-refractivity contribution is 9.10. The van der Waals surface area contributed by atoms with E-state index in [2.05, 4.69) is 15.9 Å². The first kappa shape index (κ1) is 12.6. The average Bonchev–Trinajstić information content (AvgIpc) is 2.20. The Balaban J connectivity index is 3.10. The van der Waals surface area contributed by atoms with Crippen molar-refractivity contribution >= 4 is 15.9 Å². The van der Waals surface area contributed by atoms with Gasteiger partial charge in [-0.25, -0.2) is 4.39 Å². The number of benzene rings is 1. The number of aliphatic hydroxyl groups excluding tert-OH is 1. The minimum absolute atomic E-state index is 0.108. The molecule has 15 heavy (non-hydrogen) atoms. The van der Waals surface area contributed by atoms with Crippen LogP contribution in [-0.4, -0.2) is 15.8 Å². The molecule has 84 valence electrons. The number of hydrogen-bond donors (Lipinski definition) is 2. The van der Waals surface area contributed by atoms with Gasteiger partial charge in [-0.2, -0.15) is 0 Å². The zero-order valence-corrected chi connectivity index (χ0v) is 10.3. The highest BCUT2D eigenvalue weighted by Gasteiger charge is 2.31. The Morgan fingerprint density at radius 3 is 2.67 bits per heavy atom. The molecule has 0 aliphatic carbocycles. The summed E-state index contributed by atoms with van der Waals surface area (Å²) in [5.74, 6) is -0.514. The molecule has 2 N–H and O–H groups in total. The minimum atomic E-state index is -1.32. The number of rotatable bonds is 3. The zero-order valence-electron chi connectivity index (χ0n) is 8.67. The van der Waals surface area contributed by atoms with Crippen LogP contribution in [0.5, 0.6) is 0 Å². The van der Waals surface area contributed by atoms with Crippen molar-refractivity contribution in [2.75, 3.05) is 0 Å². The predicted octanol–water partition coefficient (Wildman–Crippen LogP) is 2.78. The van der Waals surface area contributed by atoms with E-state index in [0.29, 0.717) is 10.9 Å². The molecule has 0 bridgehead atoms. The van der Waals surface area contributed by atoms with E-state index in [4.69, 9.17) is 0 Å². The molecule has 2 unspecified atom stereocenters. The van der Waals surface area contributed by atoms with E-state index >= 15 is 0 Å². The Kier molecular flexibility index (Phi) is 3.87. The first-order valence-electron chi connectivity index (χ1n) is 4.74. The van der Waals surface area contributed by atoms with Gasteiger partial charge in [-0.1, -0.05) is 22.9 Å². The maximum Gasteiger partial charge on any atom is 0.129 e. The summed E-state index contributed by atoms with van der Waals surface area (Å²) < 4.78 is 14.1. The minimum Gasteiger partial charge on any atom is -0.387 e. The average molecular weight is 277 g/mol. The van der Waals surface area contributed by atoms with Crippen LogP contribution in [0.1, 0.15) is 31.9 Å². The summed E-state index contributed by atoms with van der Waals surface area (Å²) in [6.07, 6.45) is -0.875. The first-order valence-corrected chi connectivity index (χ1v) is 5.53. The highest BCUT2D eigenvalue weighted by atomic mass is 79.9. The van der Waals surface area contributed by atoms with Gasteiger partial charge in [0.1, 0.15) is 11.9 Å². The van der Waals surface area contributed by atoms with Crippen LogP contribution in [0.25, 0.3) is 0 Å². The number of halogens is 2. The van der Waals surface area contributed by atoms with Gasteiger partial charge >= 0.3 is 0 Å². The summed E-state index contributed by atoms with van der Waals surface area (Å²) in [4.78, 5) is 0. The second-order valence-electron chi connectivity index (χ2n) is 3.78. The summed E-state index contributed by atoms with van der Waals surface area (Å²) in [6.45, 7) is 3.22. The van der Waals surface area contributed by atoms with Crippen LogP contribution < -0.4 is 0 Å². The molecule has 1 aromatic carbocycles. The van der Waals surface area contributed by atoms with Crippen molar-refractivity contribution in [3.05, 3.63) is 34.1 Å². The first-order chi connectivity index (χ1) is 6.88. The predicted molar refractivity (Wildman–Crippen MR) is 60.0 cm³/mol. The van der Waals surface area contributed by atoms with E-state index in [9.17, 15) is 14.6 Å². The van der Waals surface area contributed by atoms with Crippen molar-refractivity contribution in [2.24, 2.45) is 0 Å². The Morgan fingerprint density at radius 1 is 1.53 bits per heavy atom. The Labute approximate surface area is 96.9 Å². The van der Waals surface area contributed by atoms with Crippen molar-refractivity contribution in [1.82, 2.24) is 0 Å². The molecule has 0 saturated heterocycles. The summed E-state index contributed by atoms with van der Waals surface area (Å²) in [5.41, 5.74) is -1.21. The Morgan fingerprint density at radius 2 is 2.13 bits per heavy atom. The third kappa shape index (κ3) is 2.77. The quantitative estimate of drug-likeness (QED) is 0.891. The van der Waals surface area contributed by atoms with Crippen LogP contribution in [0.2, 0.25) is 0 Å². The largest absolute Gasteiger partial charge is 0.387 e. The lowest BCUT2D eigenvalue weighted by molar-refractivity contribution is -0.0673. The van der Waals surface area contributed by atoms with E-state index in [1.165, 1.54) is 19.1 Å². The summed E-state index contributed by atoms with van der Waals surface area (Å²) in [6, 6.07) is 4.28. The van der Waals surface area contributed by atoms with Crippen molar-refractivity contribution < 1.29 is 14.6 Å². The van der Waals surface area contributed by atoms with Crippen LogP contribution in [0.4, 0.5) is 4.39 Å². The van der Waals surface area contributed by atoms with Crippen molar-refractivity contribution in [3.63, 3.8) is 0 Å². The summed E-state index contributed by atoms with van der Waals surface area (Å²) in [7, 11) is 0. The van der Waals surface area contributed by atoms with E-state index < -0.39 is 17.5 Å². The van der Waals surface area contributed by atoms with Gasteiger partial charge in [-0.15, -0.1) is 0 Å². The highest BCUT2D eigenvalue weighted by Crippen LogP contribution is 2.31. The molecule has 0 heterocycles. The molecule has 0 amide bonds. The second-order valence-corrected chi connectivity index (χ2v) is 4.69. The molecular weight excluding hydrogens is 263 g/mol. The van der Waals surface area contributed by atoms with Gasteiger partial charge < -0.3 is 10.2 Å². The summed E-state index contributed by atoms with van der Waals surface area (Å²) in [5, 5.41) is 19.7. The molecule has 0 aliphatic rings. The van der Waals surface area contributed by atoms with Crippen LogP contribution in [0, 0.1) is 5.82 Å². The maximum absolute atomic E-state index is 13.4. The normalized spacial score (nSPS) is 17.2. The van der Waals surface area contributed by atoms with Crippen molar-refractivity contribution in [1.29, 1.82) is 0 Å². The molecule has 0 fully saturated rings. The van der Waals surface area contributed by atoms with Gasteiger partial charge in [0.05, 0.1) is 5.60 Å².